The Balaban J connectivity index is 4.07. The molecule has 0 radical (unpaired) electrons. The van der Waals surface area contributed by atoms with Gasteiger partial charge >= 0.3 is 0 Å². The highest BCUT2D eigenvalue weighted by Crippen LogP contribution is 2.19. The van der Waals surface area contributed by atoms with Crippen molar-refractivity contribution in [3.8, 4) is 0 Å². The largest absolute Gasteiger partial charge is 0.326 e. The summed E-state index contributed by atoms with van der Waals surface area (Å²) < 4.78 is 1.37. The summed E-state index contributed by atoms with van der Waals surface area (Å²) in [5.41, 5.74) is 0. The van der Waals surface area contributed by atoms with Crippen molar-refractivity contribution >= 4 is 0 Å². The summed E-state index contributed by atoms with van der Waals surface area (Å²) in [6.07, 6.45) is 57.2. The van der Waals surface area contributed by atoms with Crippen molar-refractivity contribution in [1.29, 1.82) is 0 Å². The number of nitrogens with zero attached hydrogens (tertiary/aromatic N) is 1. The Labute approximate surface area is 301 Å². The lowest BCUT2D eigenvalue weighted by Crippen LogP contribution is -2.46. The zero-order valence-corrected chi connectivity index (χ0v) is 34.1. The first kappa shape index (κ1) is 47.0. The molecule has 1 nitrogen and oxygen atoms in total. The Morgan fingerprint density at radius 1 is 0.191 bits per heavy atom. The molecule has 0 N–H and O–H groups in total. The normalized spacial score (nSPS) is 12.0. The zero-order chi connectivity index (χ0) is 34.2. The van der Waals surface area contributed by atoms with Gasteiger partial charge in [-0.15, -0.1) is 0 Å². The maximum Gasteiger partial charge on any atom is 0.0784 e. The molecule has 0 aliphatic carbocycles. The highest BCUT2D eigenvalue weighted by atomic mass is 15.3. The Kier molecular flexibility index (Phi) is 40.4. The lowest BCUT2D eigenvalue weighted by molar-refractivity contribution is -0.910. The maximum absolute atomic E-state index is 2.63. The minimum atomic E-state index is 1.37. The monoisotopic (exact) mass is 663 g/mol. The van der Waals surface area contributed by atoms with Gasteiger partial charge in [-0.05, 0) is 38.5 Å². The SMILES string of the molecule is CCCCCCCCCCCCCCC[N+](C)(CCCCCCCCCCCCCCC)CCCCCCCCCCCCCCC. The quantitative estimate of drug-likeness (QED) is 0.0451. The lowest BCUT2D eigenvalue weighted by Gasteiger charge is -2.35. The van der Waals surface area contributed by atoms with Crippen LogP contribution in [0.4, 0.5) is 0 Å². The van der Waals surface area contributed by atoms with Gasteiger partial charge in [-0.25, -0.2) is 0 Å². The molecule has 0 aromatic rings. The summed E-state index contributed by atoms with van der Waals surface area (Å²) in [6.45, 7) is 11.3. The molecule has 0 amide bonds. The zero-order valence-electron chi connectivity index (χ0n) is 34.1. The molecule has 47 heavy (non-hydrogen) atoms. The number of unbranched alkanes of at least 4 members (excludes halogenated alkanes) is 36. The number of quaternary nitrogens is 1. The van der Waals surface area contributed by atoms with E-state index in [1.54, 1.807) is 0 Å². The fraction of sp³-hybridized carbons (Fsp3) is 1.00. The van der Waals surface area contributed by atoms with Gasteiger partial charge in [-0.3, -0.25) is 0 Å². The molecule has 0 saturated heterocycles. The second kappa shape index (κ2) is 40.4. The van der Waals surface area contributed by atoms with Gasteiger partial charge in [0, 0.05) is 0 Å². The van der Waals surface area contributed by atoms with E-state index in [9.17, 15) is 0 Å². The van der Waals surface area contributed by atoms with Crippen LogP contribution in [-0.2, 0) is 0 Å². The third-order valence-electron chi connectivity index (χ3n) is 11.4. The van der Waals surface area contributed by atoms with Crippen LogP contribution in [0.5, 0.6) is 0 Å². The van der Waals surface area contributed by atoms with Crippen LogP contribution in [0.25, 0.3) is 0 Å². The van der Waals surface area contributed by atoms with E-state index in [0.717, 1.165) is 0 Å². The van der Waals surface area contributed by atoms with Crippen LogP contribution >= 0.6 is 0 Å². The maximum atomic E-state index is 2.63. The van der Waals surface area contributed by atoms with E-state index < -0.39 is 0 Å². The van der Waals surface area contributed by atoms with E-state index in [2.05, 4.69) is 27.8 Å². The average Bonchev–Trinajstić information content (AvgIpc) is 3.07. The van der Waals surface area contributed by atoms with Crippen LogP contribution in [0.3, 0.4) is 0 Å². The van der Waals surface area contributed by atoms with Crippen LogP contribution in [-0.4, -0.2) is 31.2 Å². The lowest BCUT2D eigenvalue weighted by atomic mass is 10.0. The van der Waals surface area contributed by atoms with Gasteiger partial charge in [-0.2, -0.15) is 0 Å². The predicted molar refractivity (Wildman–Crippen MR) is 218 cm³/mol. The van der Waals surface area contributed by atoms with Crippen LogP contribution in [0, 0.1) is 0 Å². The van der Waals surface area contributed by atoms with Crippen molar-refractivity contribution in [1.82, 2.24) is 0 Å². The molecule has 284 valence electrons. The van der Waals surface area contributed by atoms with E-state index >= 15 is 0 Å². The van der Waals surface area contributed by atoms with Gasteiger partial charge in [0.25, 0.3) is 0 Å². The first-order valence-corrected chi connectivity index (χ1v) is 23.0. The number of hydrogen-bond donors (Lipinski definition) is 0. The molecule has 0 fully saturated rings. The van der Waals surface area contributed by atoms with E-state index in [1.165, 1.54) is 275 Å². The summed E-state index contributed by atoms with van der Waals surface area (Å²) in [4.78, 5) is 0. The predicted octanol–water partition coefficient (Wildman–Crippen LogP) is 16.7. The second-order valence-electron chi connectivity index (χ2n) is 16.5. The standard InChI is InChI=1S/C46H96N/c1-5-8-11-14-17-20-23-26-29-32-35-38-41-44-47(4,45-42-39-36-33-30-27-24-21-18-15-12-9-6-2)46-43-40-37-34-31-28-25-22-19-16-13-10-7-3/h5-46H2,1-4H3/q+1. The van der Waals surface area contributed by atoms with E-state index in [-0.39, 0.29) is 0 Å². The molecule has 0 aromatic carbocycles. The molecular formula is C46H96N+. The molecule has 0 bridgehead atoms. The smallest absolute Gasteiger partial charge is 0.0784 e. The van der Waals surface area contributed by atoms with E-state index in [1.807, 2.05) is 0 Å². The highest BCUT2D eigenvalue weighted by molar-refractivity contribution is 4.54. The Bertz CT molecular complexity index is 467. The molecule has 0 unspecified atom stereocenters. The summed E-state index contributed by atoms with van der Waals surface area (Å²) >= 11 is 0. The fourth-order valence-electron chi connectivity index (χ4n) is 7.87. The molecule has 0 rings (SSSR count). The summed E-state index contributed by atoms with van der Waals surface area (Å²) in [5, 5.41) is 0. The van der Waals surface area contributed by atoms with Gasteiger partial charge in [0.1, 0.15) is 0 Å². The number of hydrogen-bond acceptors (Lipinski definition) is 0. The molecule has 1 heteroatoms. The van der Waals surface area contributed by atoms with Gasteiger partial charge in [-0.1, -0.05) is 233 Å². The molecule has 0 aliphatic heterocycles. The van der Waals surface area contributed by atoms with Crippen LogP contribution in [0.2, 0.25) is 0 Å². The Hall–Kier alpha value is -0.0400. The van der Waals surface area contributed by atoms with Crippen molar-refractivity contribution in [3.63, 3.8) is 0 Å². The molecule has 0 heterocycles. The van der Waals surface area contributed by atoms with Gasteiger partial charge in [0.15, 0.2) is 0 Å². The van der Waals surface area contributed by atoms with Crippen LogP contribution in [0.15, 0.2) is 0 Å². The van der Waals surface area contributed by atoms with E-state index in [0.29, 0.717) is 0 Å². The van der Waals surface area contributed by atoms with Crippen molar-refractivity contribution in [3.05, 3.63) is 0 Å². The first-order chi connectivity index (χ1) is 23.2. The van der Waals surface area contributed by atoms with Crippen molar-refractivity contribution in [2.24, 2.45) is 0 Å². The first-order valence-electron chi connectivity index (χ1n) is 23.0. The average molecular weight is 663 g/mol. The highest BCUT2D eigenvalue weighted by Gasteiger charge is 2.20. The van der Waals surface area contributed by atoms with Crippen LogP contribution in [0.1, 0.15) is 271 Å². The molecule has 0 aliphatic rings. The minimum Gasteiger partial charge on any atom is -0.326 e. The van der Waals surface area contributed by atoms with Crippen molar-refractivity contribution in [2.75, 3.05) is 26.7 Å². The Morgan fingerprint density at radius 2 is 0.319 bits per heavy atom. The molecule has 0 aromatic heterocycles. The molecular weight excluding hydrogens is 567 g/mol. The van der Waals surface area contributed by atoms with Crippen LogP contribution < -0.4 is 0 Å². The van der Waals surface area contributed by atoms with Gasteiger partial charge < -0.3 is 4.48 Å². The minimum absolute atomic E-state index is 1.37. The van der Waals surface area contributed by atoms with Gasteiger partial charge in [0.05, 0.1) is 26.7 Å². The van der Waals surface area contributed by atoms with Crippen molar-refractivity contribution < 1.29 is 4.48 Å². The van der Waals surface area contributed by atoms with Crippen molar-refractivity contribution in [2.45, 2.75) is 271 Å². The molecule has 0 spiro atoms. The summed E-state index contributed by atoms with van der Waals surface area (Å²) in [5.74, 6) is 0. The second-order valence-corrected chi connectivity index (χ2v) is 16.5. The molecule has 0 atom stereocenters. The van der Waals surface area contributed by atoms with Gasteiger partial charge in [0.2, 0.25) is 0 Å². The fourth-order valence-corrected chi connectivity index (χ4v) is 7.87. The third kappa shape index (κ3) is 38.6. The van der Waals surface area contributed by atoms with E-state index in [4.69, 9.17) is 0 Å². The number of rotatable bonds is 42. The molecule has 0 saturated carbocycles. The topological polar surface area (TPSA) is 0 Å². The Morgan fingerprint density at radius 3 is 0.468 bits per heavy atom. The summed E-state index contributed by atoms with van der Waals surface area (Å²) in [6, 6.07) is 0. The summed E-state index contributed by atoms with van der Waals surface area (Å²) in [7, 11) is 2.63. The third-order valence-corrected chi connectivity index (χ3v) is 11.4.